The van der Waals surface area contributed by atoms with E-state index in [0.29, 0.717) is 24.3 Å². The first-order chi connectivity index (χ1) is 13.3. The molecule has 0 aliphatic carbocycles. The Balaban J connectivity index is 1.49. The molecule has 0 saturated carbocycles. The van der Waals surface area contributed by atoms with Crippen molar-refractivity contribution in [3.63, 3.8) is 0 Å². The van der Waals surface area contributed by atoms with Gasteiger partial charge in [-0.25, -0.2) is 0 Å². The number of rotatable bonds is 6. The molecule has 1 amide bonds. The Kier molecular flexibility index (Phi) is 6.24. The molecule has 3 rings (SSSR count). The van der Waals surface area contributed by atoms with E-state index in [1.165, 1.54) is 12.1 Å². The minimum atomic E-state index is -4.32. The third-order valence-corrected chi connectivity index (χ3v) is 5.11. The molecule has 2 N–H and O–H groups in total. The van der Waals surface area contributed by atoms with Crippen LogP contribution >= 0.6 is 0 Å². The van der Waals surface area contributed by atoms with Crippen molar-refractivity contribution >= 4 is 11.6 Å². The van der Waals surface area contributed by atoms with Crippen molar-refractivity contribution in [2.75, 3.05) is 37.6 Å². The van der Waals surface area contributed by atoms with Gasteiger partial charge in [0.05, 0.1) is 5.56 Å². The molecule has 4 nitrogen and oxygen atoms in total. The largest absolute Gasteiger partial charge is 0.416 e. The van der Waals surface area contributed by atoms with E-state index in [-0.39, 0.29) is 0 Å². The molecule has 1 aliphatic rings. The van der Waals surface area contributed by atoms with Gasteiger partial charge in [-0.2, -0.15) is 13.2 Å². The van der Waals surface area contributed by atoms with Gasteiger partial charge in [-0.1, -0.05) is 24.3 Å². The maximum Gasteiger partial charge on any atom is 0.416 e. The zero-order valence-corrected chi connectivity index (χ0v) is 15.6. The zero-order valence-electron chi connectivity index (χ0n) is 15.6. The van der Waals surface area contributed by atoms with E-state index in [1.807, 2.05) is 17.0 Å². The molecule has 0 spiro atoms. The first-order valence-electron chi connectivity index (χ1n) is 9.37. The number of carbonyl (C=O) groups excluding carboxylic acids is 1. The fourth-order valence-corrected chi connectivity index (χ4v) is 3.58. The van der Waals surface area contributed by atoms with Gasteiger partial charge in [-0.05, 0) is 49.2 Å². The molecular weight excluding hydrogens is 367 g/mol. The maximum atomic E-state index is 12.9. The van der Waals surface area contributed by atoms with E-state index in [2.05, 4.69) is 4.90 Å². The number of carbonyl (C=O) groups is 1. The summed E-state index contributed by atoms with van der Waals surface area (Å²) < 4.78 is 38.7. The SMILES string of the molecule is NC(=O)c1ccccc1CCCN1CCN(c2cccc(C(F)(F)F)c2)CC1. The van der Waals surface area contributed by atoms with E-state index >= 15 is 0 Å². The van der Waals surface area contributed by atoms with Crippen molar-refractivity contribution in [1.29, 1.82) is 0 Å². The van der Waals surface area contributed by atoms with Gasteiger partial charge in [0, 0.05) is 37.4 Å². The van der Waals surface area contributed by atoms with E-state index in [9.17, 15) is 18.0 Å². The molecule has 28 heavy (non-hydrogen) atoms. The molecule has 0 radical (unpaired) electrons. The van der Waals surface area contributed by atoms with Gasteiger partial charge in [-0.15, -0.1) is 0 Å². The number of piperazine rings is 1. The summed E-state index contributed by atoms with van der Waals surface area (Å²) in [6.45, 7) is 3.86. The Hall–Kier alpha value is -2.54. The molecule has 7 heteroatoms. The molecule has 1 heterocycles. The van der Waals surface area contributed by atoms with Crippen LogP contribution < -0.4 is 10.6 Å². The van der Waals surface area contributed by atoms with Crippen LogP contribution in [0.15, 0.2) is 48.5 Å². The molecule has 1 saturated heterocycles. The summed E-state index contributed by atoms with van der Waals surface area (Å²) in [5.74, 6) is -0.412. The number of hydrogen-bond acceptors (Lipinski definition) is 3. The van der Waals surface area contributed by atoms with Crippen LogP contribution in [0.2, 0.25) is 0 Å². The van der Waals surface area contributed by atoms with Crippen molar-refractivity contribution < 1.29 is 18.0 Å². The number of anilines is 1. The average Bonchev–Trinajstić information content (AvgIpc) is 2.68. The summed E-state index contributed by atoms with van der Waals surface area (Å²) >= 11 is 0. The lowest BCUT2D eigenvalue weighted by Gasteiger charge is -2.36. The van der Waals surface area contributed by atoms with Gasteiger partial charge in [0.2, 0.25) is 5.91 Å². The predicted octanol–water partition coefficient (Wildman–Crippen LogP) is 3.56. The van der Waals surface area contributed by atoms with Gasteiger partial charge in [0.1, 0.15) is 0 Å². The molecule has 1 fully saturated rings. The molecule has 1 aliphatic heterocycles. The van der Waals surface area contributed by atoms with Crippen molar-refractivity contribution in [2.45, 2.75) is 19.0 Å². The number of hydrogen-bond donors (Lipinski definition) is 1. The molecule has 0 unspecified atom stereocenters. The molecule has 2 aromatic carbocycles. The van der Waals surface area contributed by atoms with E-state index < -0.39 is 17.6 Å². The van der Waals surface area contributed by atoms with Crippen LogP contribution in [0.3, 0.4) is 0 Å². The normalized spacial score (nSPS) is 15.6. The van der Waals surface area contributed by atoms with Crippen molar-refractivity contribution in [2.24, 2.45) is 5.73 Å². The number of alkyl halides is 3. The molecule has 2 aromatic rings. The van der Waals surface area contributed by atoms with Gasteiger partial charge < -0.3 is 10.6 Å². The van der Waals surface area contributed by atoms with Crippen LogP contribution in [0, 0.1) is 0 Å². The van der Waals surface area contributed by atoms with Crippen LogP contribution in [-0.4, -0.2) is 43.5 Å². The number of amides is 1. The third-order valence-electron chi connectivity index (χ3n) is 5.11. The number of halogens is 3. The second-order valence-electron chi connectivity index (χ2n) is 7.00. The third kappa shape index (κ3) is 5.04. The van der Waals surface area contributed by atoms with Crippen molar-refractivity contribution in [1.82, 2.24) is 4.90 Å². The lowest BCUT2D eigenvalue weighted by Crippen LogP contribution is -2.46. The van der Waals surface area contributed by atoms with Gasteiger partial charge in [0.25, 0.3) is 0 Å². The highest BCUT2D eigenvalue weighted by Gasteiger charge is 2.31. The number of primary amides is 1. The fraction of sp³-hybridized carbons (Fsp3) is 0.381. The Morgan fingerprint density at radius 2 is 1.71 bits per heavy atom. The molecule has 0 bridgehead atoms. The summed E-state index contributed by atoms with van der Waals surface area (Å²) in [7, 11) is 0. The van der Waals surface area contributed by atoms with Crippen molar-refractivity contribution in [3.05, 3.63) is 65.2 Å². The topological polar surface area (TPSA) is 49.6 Å². The molecule has 0 aromatic heterocycles. The van der Waals surface area contributed by atoms with Gasteiger partial charge >= 0.3 is 6.18 Å². The summed E-state index contributed by atoms with van der Waals surface area (Å²) in [5, 5.41) is 0. The fourth-order valence-electron chi connectivity index (χ4n) is 3.58. The summed E-state index contributed by atoms with van der Waals surface area (Å²) in [6, 6.07) is 12.9. The minimum Gasteiger partial charge on any atom is -0.369 e. The lowest BCUT2D eigenvalue weighted by atomic mass is 10.0. The minimum absolute atomic E-state index is 0.412. The number of nitrogens with two attached hydrogens (primary N) is 1. The monoisotopic (exact) mass is 391 g/mol. The summed E-state index contributed by atoms with van der Waals surface area (Å²) in [6.07, 6.45) is -2.65. The highest BCUT2D eigenvalue weighted by molar-refractivity contribution is 5.94. The van der Waals surface area contributed by atoms with Crippen LogP contribution in [-0.2, 0) is 12.6 Å². The van der Waals surface area contributed by atoms with Crippen molar-refractivity contribution in [3.8, 4) is 0 Å². The number of benzene rings is 2. The second kappa shape index (κ2) is 8.65. The quantitative estimate of drug-likeness (QED) is 0.819. The Labute approximate surface area is 162 Å². The molecular formula is C21H24F3N3O. The van der Waals surface area contributed by atoms with Crippen LogP contribution in [0.25, 0.3) is 0 Å². The standard InChI is InChI=1S/C21H24F3N3O/c22-21(23,24)17-7-3-8-18(15-17)27-13-11-26(12-14-27)10-4-6-16-5-1-2-9-19(16)20(25)28/h1-3,5,7-9,15H,4,6,10-14H2,(H2,25,28). The highest BCUT2D eigenvalue weighted by Crippen LogP contribution is 2.31. The average molecular weight is 391 g/mol. The summed E-state index contributed by atoms with van der Waals surface area (Å²) in [5.41, 5.74) is 6.94. The Morgan fingerprint density at radius 3 is 2.39 bits per heavy atom. The summed E-state index contributed by atoms with van der Waals surface area (Å²) in [4.78, 5) is 15.8. The smallest absolute Gasteiger partial charge is 0.369 e. The van der Waals surface area contributed by atoms with E-state index in [0.717, 1.165) is 44.1 Å². The van der Waals surface area contributed by atoms with Crippen LogP contribution in [0.1, 0.15) is 27.9 Å². The Morgan fingerprint density at radius 1 is 1.00 bits per heavy atom. The van der Waals surface area contributed by atoms with Gasteiger partial charge in [-0.3, -0.25) is 9.69 Å². The predicted molar refractivity (Wildman–Crippen MR) is 103 cm³/mol. The lowest BCUT2D eigenvalue weighted by molar-refractivity contribution is -0.137. The Bertz CT molecular complexity index is 815. The van der Waals surface area contributed by atoms with Crippen LogP contribution in [0.4, 0.5) is 18.9 Å². The molecule has 150 valence electrons. The van der Waals surface area contributed by atoms with Gasteiger partial charge in [0.15, 0.2) is 0 Å². The number of aryl methyl sites for hydroxylation is 1. The first kappa shape index (κ1) is 20.2. The van der Waals surface area contributed by atoms with Crippen LogP contribution in [0.5, 0.6) is 0 Å². The number of nitrogens with zero attached hydrogens (tertiary/aromatic N) is 2. The zero-order chi connectivity index (χ0) is 20.1. The highest BCUT2D eigenvalue weighted by atomic mass is 19.4. The first-order valence-corrected chi connectivity index (χ1v) is 9.37. The maximum absolute atomic E-state index is 12.9. The second-order valence-corrected chi connectivity index (χ2v) is 7.00. The molecule has 0 atom stereocenters. The van der Waals surface area contributed by atoms with E-state index in [1.54, 1.807) is 18.2 Å². The van der Waals surface area contributed by atoms with E-state index in [4.69, 9.17) is 5.73 Å².